The van der Waals surface area contributed by atoms with E-state index in [0.717, 1.165) is 183 Å². The third kappa shape index (κ3) is 15.9. The molecule has 0 aliphatic carbocycles. The van der Waals surface area contributed by atoms with E-state index in [0.29, 0.717) is 23.2 Å². The molecule has 0 saturated heterocycles. The van der Waals surface area contributed by atoms with Gasteiger partial charge in [0.1, 0.15) is 39.3 Å². The number of halogens is 1. The van der Waals surface area contributed by atoms with Crippen molar-refractivity contribution in [3.05, 3.63) is 456 Å². The maximum atomic E-state index is 13.7. The minimum atomic E-state index is -0.287. The fraction of sp³-hybridized carbons (Fsp3) is 0. The highest BCUT2D eigenvalue weighted by Gasteiger charge is 2.21. The maximum Gasteiger partial charge on any atom is 0.160 e. The van der Waals surface area contributed by atoms with Crippen LogP contribution in [0.15, 0.2) is 463 Å². The second-order valence-electron chi connectivity index (χ2n) is 32.5. The molecule has 0 atom stereocenters. The van der Waals surface area contributed by atoms with Gasteiger partial charge in [0, 0.05) is 136 Å². The van der Waals surface area contributed by atoms with Crippen molar-refractivity contribution in [2.75, 3.05) is 0 Å². The summed E-state index contributed by atoms with van der Waals surface area (Å²) in [4.78, 5) is 43.3. The SMILES string of the molecule is Fc1ccc(-c2cc(-c3ccc4oc5ccccc5c4c3)nc(-c3cccc(-c4cccnc4)c3)n2)cc1.c1cncc(-c2cccc(-c3nc(-c4ccc(-c5ccc6ccccc6c5)cc4)cc(-c4ccc5oc6ccccc6c5c4)n3)c2)c1.c1cncc(-c2cccc(-c3nc(-c4ccc(-c5cccc6ccccc56)cc4)cc(-c4ccc5oc6ccccc6c5c4)n3)c2)c1. The van der Waals surface area contributed by atoms with E-state index in [9.17, 15) is 4.39 Å². The maximum absolute atomic E-state index is 13.7. The average molecular weight is 1700 g/mol. The number of pyridine rings is 3. The third-order valence-corrected chi connectivity index (χ3v) is 24.2. The molecule has 12 nitrogen and oxygen atoms in total. The van der Waals surface area contributed by atoms with Gasteiger partial charge in [-0.15, -0.1) is 0 Å². The lowest BCUT2D eigenvalue weighted by Gasteiger charge is -2.12. The van der Waals surface area contributed by atoms with Crippen LogP contribution in [0.1, 0.15) is 0 Å². The molecule has 0 N–H and O–H groups in total. The molecule has 9 aromatic heterocycles. The van der Waals surface area contributed by atoms with E-state index < -0.39 is 0 Å². The predicted molar refractivity (Wildman–Crippen MR) is 532 cm³/mol. The molecule has 132 heavy (non-hydrogen) atoms. The van der Waals surface area contributed by atoms with E-state index in [1.165, 1.54) is 50.4 Å². The normalized spacial score (nSPS) is 11.4. The van der Waals surface area contributed by atoms with Crippen molar-refractivity contribution in [3.8, 4) is 157 Å². The van der Waals surface area contributed by atoms with Gasteiger partial charge in [-0.3, -0.25) is 15.0 Å². The van der Waals surface area contributed by atoms with E-state index in [1.54, 1.807) is 30.7 Å². The number of hydrogen-bond donors (Lipinski definition) is 0. The highest BCUT2D eigenvalue weighted by molar-refractivity contribution is 6.09. The lowest BCUT2D eigenvalue weighted by atomic mass is 9.97. The molecule has 25 aromatic rings. The summed E-state index contributed by atoms with van der Waals surface area (Å²) in [5.41, 5.74) is 29.6. The largest absolute Gasteiger partial charge is 0.456 e. The first-order valence-electron chi connectivity index (χ1n) is 43.6. The molecule has 0 amide bonds. The first-order valence-corrected chi connectivity index (χ1v) is 43.6. The van der Waals surface area contributed by atoms with Crippen LogP contribution in [0.5, 0.6) is 0 Å². The fourth-order valence-electron chi connectivity index (χ4n) is 17.5. The lowest BCUT2D eigenvalue weighted by Crippen LogP contribution is -1.96. The Kier molecular flexibility index (Phi) is 20.5. The number of rotatable bonds is 14. The van der Waals surface area contributed by atoms with E-state index in [4.69, 9.17) is 43.2 Å². The van der Waals surface area contributed by atoms with Crippen molar-refractivity contribution in [2.24, 2.45) is 0 Å². The molecule has 0 bridgehead atoms. The Bertz CT molecular complexity index is 8650. The molecule has 13 heteroatoms. The molecule has 0 aliphatic heterocycles. The number of para-hydroxylation sites is 3. The summed E-state index contributed by atoms with van der Waals surface area (Å²) in [5.74, 6) is 1.63. The zero-order valence-electron chi connectivity index (χ0n) is 70.9. The van der Waals surface area contributed by atoms with Gasteiger partial charge in [-0.05, 0) is 218 Å². The molecule has 0 radical (unpaired) electrons. The molecular weight excluding hydrogens is 1620 g/mol. The lowest BCUT2D eigenvalue weighted by molar-refractivity contribution is 0.628. The quantitative estimate of drug-likeness (QED) is 0.102. The summed E-state index contributed by atoms with van der Waals surface area (Å²) >= 11 is 0. The summed E-state index contributed by atoms with van der Waals surface area (Å²) in [6.07, 6.45) is 10.9. The Hall–Kier alpha value is -17.9. The molecule has 0 fully saturated rings. The highest BCUT2D eigenvalue weighted by Crippen LogP contribution is 2.42. The molecule has 0 aliphatic rings. The van der Waals surface area contributed by atoms with Crippen LogP contribution in [0, 0.1) is 5.82 Å². The molecular formula is C119H74FN9O3. The second-order valence-corrected chi connectivity index (χ2v) is 32.5. The van der Waals surface area contributed by atoms with Crippen molar-refractivity contribution in [3.63, 3.8) is 0 Å². The molecule has 620 valence electrons. The number of fused-ring (bicyclic) bond motifs is 11. The Morgan fingerprint density at radius 2 is 0.462 bits per heavy atom. The molecule has 0 unspecified atom stereocenters. The van der Waals surface area contributed by atoms with E-state index in [1.807, 2.05) is 146 Å². The third-order valence-electron chi connectivity index (χ3n) is 24.2. The van der Waals surface area contributed by atoms with Gasteiger partial charge in [0.15, 0.2) is 17.5 Å². The zero-order chi connectivity index (χ0) is 87.8. The van der Waals surface area contributed by atoms with Crippen LogP contribution in [-0.4, -0.2) is 44.9 Å². The Morgan fingerprint density at radius 1 is 0.167 bits per heavy atom. The number of hydrogen-bond acceptors (Lipinski definition) is 12. The standard InChI is InChI=1S/2C43H27N3O.C33H20FN3O/c1-2-13-35-28(8-1)9-6-15-36(35)29-17-19-30(20-18-29)39-26-40(32-21-22-42-38(25-32)37-14-3-4-16-41(37)47-42)46-43(45-39)33-11-5-10-31(24-33)34-12-7-23-44-27-34;1-2-8-31-23-33(19-16-28(31)7-1)29-14-17-30(18-15-29)39-26-40(34-20-21-42-38(25-34)37-12-3-4-13-41(37)47-42)46-43(45-39)35-10-5-9-32(24-35)36-11-6-22-44-27-36;34-26-13-10-21(11-14-26)29-19-30(23-12-15-32-28(18-23)27-8-1-2-9-31(27)38-32)37-33(36-29)24-6-3-5-22(17-24)25-7-4-16-35-20-25/h2*1-27H;1-20H. The van der Waals surface area contributed by atoms with Crippen molar-refractivity contribution < 1.29 is 17.6 Å². The Morgan fingerprint density at radius 3 is 0.871 bits per heavy atom. The fourth-order valence-corrected chi connectivity index (χ4v) is 17.5. The van der Waals surface area contributed by atoms with E-state index in [2.05, 4.69) is 276 Å². The number of furan rings is 3. The van der Waals surface area contributed by atoms with Gasteiger partial charge in [-0.1, -0.05) is 255 Å². The summed E-state index contributed by atoms with van der Waals surface area (Å²) in [6.45, 7) is 0. The second kappa shape index (κ2) is 34.4. The van der Waals surface area contributed by atoms with Crippen LogP contribution in [-0.2, 0) is 0 Å². The number of benzene rings is 16. The first kappa shape index (κ1) is 78.8. The van der Waals surface area contributed by atoms with Gasteiger partial charge in [0.2, 0.25) is 0 Å². The molecule has 0 spiro atoms. The van der Waals surface area contributed by atoms with Gasteiger partial charge in [-0.2, -0.15) is 0 Å². The van der Waals surface area contributed by atoms with Crippen molar-refractivity contribution in [1.29, 1.82) is 0 Å². The van der Waals surface area contributed by atoms with Gasteiger partial charge >= 0.3 is 0 Å². The summed E-state index contributed by atoms with van der Waals surface area (Å²) < 4.78 is 32.0. The molecule has 16 aromatic carbocycles. The Balaban J connectivity index is 0.000000113. The molecule has 9 heterocycles. The van der Waals surface area contributed by atoms with E-state index >= 15 is 0 Å². The van der Waals surface area contributed by atoms with Crippen molar-refractivity contribution in [2.45, 2.75) is 0 Å². The van der Waals surface area contributed by atoms with Crippen molar-refractivity contribution >= 4 is 87.4 Å². The smallest absolute Gasteiger partial charge is 0.160 e. The highest BCUT2D eigenvalue weighted by atomic mass is 19.1. The van der Waals surface area contributed by atoms with Crippen LogP contribution >= 0.6 is 0 Å². The number of nitrogens with zero attached hydrogens (tertiary/aromatic N) is 9. The topological polar surface area (TPSA) is 155 Å². The van der Waals surface area contributed by atoms with Crippen LogP contribution in [0.3, 0.4) is 0 Å². The molecule has 0 saturated carbocycles. The van der Waals surface area contributed by atoms with Gasteiger partial charge in [0.05, 0.1) is 34.2 Å². The molecule has 25 rings (SSSR count). The minimum Gasteiger partial charge on any atom is -0.456 e. The number of aromatic nitrogens is 9. The zero-order valence-corrected chi connectivity index (χ0v) is 70.9. The van der Waals surface area contributed by atoms with Gasteiger partial charge in [0.25, 0.3) is 0 Å². The van der Waals surface area contributed by atoms with Crippen LogP contribution in [0.2, 0.25) is 0 Å². The summed E-state index contributed by atoms with van der Waals surface area (Å²) in [5, 5.41) is 11.3. The minimum absolute atomic E-state index is 0.287. The Labute approximate surface area is 757 Å². The van der Waals surface area contributed by atoms with Crippen molar-refractivity contribution in [1.82, 2.24) is 44.9 Å². The van der Waals surface area contributed by atoms with Gasteiger partial charge in [-0.25, -0.2) is 34.3 Å². The first-order chi connectivity index (χ1) is 65.2. The summed E-state index contributed by atoms with van der Waals surface area (Å²) in [6, 6.07) is 140. The van der Waals surface area contributed by atoms with Gasteiger partial charge < -0.3 is 13.3 Å². The monoisotopic (exact) mass is 1700 g/mol. The van der Waals surface area contributed by atoms with Crippen LogP contribution < -0.4 is 0 Å². The average Bonchev–Trinajstić information content (AvgIpc) is 1.55. The van der Waals surface area contributed by atoms with Crippen LogP contribution in [0.4, 0.5) is 4.39 Å². The summed E-state index contributed by atoms with van der Waals surface area (Å²) in [7, 11) is 0. The van der Waals surface area contributed by atoms with E-state index in [-0.39, 0.29) is 5.82 Å². The predicted octanol–water partition coefficient (Wildman–Crippen LogP) is 31.1. The van der Waals surface area contributed by atoms with Crippen LogP contribution in [0.25, 0.3) is 245 Å².